The molecule has 5 nitrogen and oxygen atoms in total. The molecule has 0 saturated carbocycles. The van der Waals surface area contributed by atoms with Crippen LogP contribution in [0.4, 0.5) is 5.82 Å². The van der Waals surface area contributed by atoms with Gasteiger partial charge in [-0.2, -0.15) is 0 Å². The molecule has 1 N–H and O–H groups in total. The molecule has 1 aliphatic rings. The smallest absolute Gasteiger partial charge is 0.308 e. The number of benzene rings is 1. The summed E-state index contributed by atoms with van der Waals surface area (Å²) in [5.41, 5.74) is 1.16. The van der Waals surface area contributed by atoms with Crippen molar-refractivity contribution in [3.8, 4) is 10.4 Å². The molecule has 1 aliphatic heterocycles. The van der Waals surface area contributed by atoms with Crippen LogP contribution in [0.25, 0.3) is 20.7 Å². The topological polar surface area (TPSA) is 66.3 Å². The maximum Gasteiger partial charge on any atom is 0.308 e. The summed E-state index contributed by atoms with van der Waals surface area (Å²) in [6.45, 7) is 1.35. The van der Waals surface area contributed by atoms with Crippen molar-refractivity contribution < 1.29 is 9.90 Å². The molecule has 1 saturated heterocycles. The molecular weight excluding hydrogens is 322 g/mol. The Hall–Kier alpha value is -2.47. The highest BCUT2D eigenvalue weighted by Gasteiger charge is 2.27. The van der Waals surface area contributed by atoms with Gasteiger partial charge in [0.15, 0.2) is 0 Å². The predicted octanol–water partition coefficient (Wildman–Crippen LogP) is 3.66. The molecule has 122 valence electrons. The van der Waals surface area contributed by atoms with Crippen molar-refractivity contribution in [3.63, 3.8) is 0 Å². The number of nitrogens with zero attached hydrogens (tertiary/aromatic N) is 3. The first-order valence-electron chi connectivity index (χ1n) is 8.00. The molecule has 0 bridgehead atoms. The standard InChI is InChI=1S/C18H17N3O2S/c22-18(23)13-7-4-8-21(10-13)16-14-9-15(12-5-2-1-3-6-12)24-17(14)20-11-19-16/h1-3,5-6,9,11,13H,4,7-8,10H2,(H,22,23). The molecule has 3 aromatic rings. The number of piperidine rings is 1. The highest BCUT2D eigenvalue weighted by Crippen LogP contribution is 2.36. The van der Waals surface area contributed by atoms with Crippen molar-refractivity contribution >= 4 is 33.3 Å². The summed E-state index contributed by atoms with van der Waals surface area (Å²) in [7, 11) is 0. The molecule has 0 spiro atoms. The third-order valence-electron chi connectivity index (χ3n) is 4.44. The van der Waals surface area contributed by atoms with Gasteiger partial charge < -0.3 is 10.0 Å². The minimum Gasteiger partial charge on any atom is -0.481 e. The Labute approximate surface area is 143 Å². The van der Waals surface area contributed by atoms with Gasteiger partial charge in [0.05, 0.1) is 11.3 Å². The van der Waals surface area contributed by atoms with Gasteiger partial charge in [0.1, 0.15) is 17.0 Å². The monoisotopic (exact) mass is 339 g/mol. The van der Waals surface area contributed by atoms with E-state index in [1.807, 2.05) is 18.2 Å². The highest BCUT2D eigenvalue weighted by atomic mass is 32.1. The van der Waals surface area contributed by atoms with Gasteiger partial charge in [0.2, 0.25) is 0 Å². The number of aliphatic carboxylic acids is 1. The van der Waals surface area contributed by atoms with Gasteiger partial charge in [-0.1, -0.05) is 30.3 Å². The number of thiophene rings is 1. The summed E-state index contributed by atoms with van der Waals surface area (Å²) < 4.78 is 0. The molecule has 24 heavy (non-hydrogen) atoms. The van der Waals surface area contributed by atoms with Crippen molar-refractivity contribution in [2.45, 2.75) is 12.8 Å². The van der Waals surface area contributed by atoms with E-state index in [0.717, 1.165) is 45.9 Å². The average molecular weight is 339 g/mol. The summed E-state index contributed by atoms with van der Waals surface area (Å²) in [6, 6.07) is 12.3. The average Bonchev–Trinajstić information content (AvgIpc) is 3.07. The molecule has 2 aromatic heterocycles. The van der Waals surface area contributed by atoms with Gasteiger partial charge in [0, 0.05) is 18.0 Å². The molecule has 1 atom stereocenters. The Morgan fingerprint density at radius 2 is 2.08 bits per heavy atom. The van der Waals surface area contributed by atoms with E-state index in [4.69, 9.17) is 0 Å². The fourth-order valence-electron chi connectivity index (χ4n) is 3.21. The second-order valence-corrected chi connectivity index (χ2v) is 7.05. The summed E-state index contributed by atoms with van der Waals surface area (Å²) in [4.78, 5) is 24.4. The maximum absolute atomic E-state index is 11.3. The Morgan fingerprint density at radius 1 is 1.25 bits per heavy atom. The number of anilines is 1. The van der Waals surface area contributed by atoms with Crippen LogP contribution in [0.5, 0.6) is 0 Å². The number of carboxylic acids is 1. The Morgan fingerprint density at radius 3 is 2.88 bits per heavy atom. The van der Waals surface area contributed by atoms with Crippen molar-refractivity contribution in [1.82, 2.24) is 9.97 Å². The van der Waals surface area contributed by atoms with E-state index in [9.17, 15) is 9.90 Å². The Kier molecular flexibility index (Phi) is 3.90. The Bertz CT molecular complexity index is 878. The lowest BCUT2D eigenvalue weighted by Crippen LogP contribution is -2.39. The zero-order chi connectivity index (χ0) is 16.5. The first kappa shape index (κ1) is 15.1. The van der Waals surface area contributed by atoms with Crippen LogP contribution in [0, 0.1) is 5.92 Å². The first-order chi connectivity index (χ1) is 11.7. The highest BCUT2D eigenvalue weighted by molar-refractivity contribution is 7.21. The van der Waals surface area contributed by atoms with E-state index in [1.165, 1.54) is 0 Å². The van der Waals surface area contributed by atoms with E-state index >= 15 is 0 Å². The second-order valence-electron chi connectivity index (χ2n) is 6.02. The first-order valence-corrected chi connectivity index (χ1v) is 8.82. The van der Waals surface area contributed by atoms with Crippen LogP contribution in [-0.4, -0.2) is 34.1 Å². The second kappa shape index (κ2) is 6.20. The minimum absolute atomic E-state index is 0.323. The summed E-state index contributed by atoms with van der Waals surface area (Å²) in [6.07, 6.45) is 3.18. The van der Waals surface area contributed by atoms with Crippen LogP contribution in [0.3, 0.4) is 0 Å². The lowest BCUT2D eigenvalue weighted by molar-refractivity contribution is -0.141. The maximum atomic E-state index is 11.3. The van der Waals surface area contributed by atoms with E-state index in [0.29, 0.717) is 6.54 Å². The van der Waals surface area contributed by atoms with Gasteiger partial charge in [0.25, 0.3) is 0 Å². The lowest BCUT2D eigenvalue weighted by Gasteiger charge is -2.31. The zero-order valence-corrected chi connectivity index (χ0v) is 13.9. The molecule has 1 unspecified atom stereocenters. The molecular formula is C18H17N3O2S. The minimum atomic E-state index is -0.722. The summed E-state index contributed by atoms with van der Waals surface area (Å²) >= 11 is 1.64. The SMILES string of the molecule is O=C(O)C1CCCN(c2ncnc3sc(-c4ccccc4)cc23)C1. The molecule has 1 aromatic carbocycles. The third kappa shape index (κ3) is 2.73. The molecule has 0 amide bonds. The van der Waals surface area contributed by atoms with E-state index in [1.54, 1.807) is 17.7 Å². The van der Waals surface area contributed by atoms with Crippen molar-refractivity contribution in [2.75, 3.05) is 18.0 Å². The summed E-state index contributed by atoms with van der Waals surface area (Å²) in [5, 5.41) is 10.3. The number of fused-ring (bicyclic) bond motifs is 1. The number of carbonyl (C=O) groups is 1. The Balaban J connectivity index is 1.74. The van der Waals surface area contributed by atoms with Crippen molar-refractivity contribution in [2.24, 2.45) is 5.92 Å². The van der Waals surface area contributed by atoms with E-state index in [2.05, 4.69) is 33.1 Å². The normalized spacial score (nSPS) is 18.0. The van der Waals surface area contributed by atoms with Crippen LogP contribution in [0.2, 0.25) is 0 Å². The number of carboxylic acid groups (broad SMARTS) is 1. The molecule has 1 fully saturated rings. The molecule has 0 aliphatic carbocycles. The van der Waals surface area contributed by atoms with Gasteiger partial charge in [-0.15, -0.1) is 11.3 Å². The fourth-order valence-corrected chi connectivity index (χ4v) is 4.21. The van der Waals surface area contributed by atoms with E-state index < -0.39 is 5.97 Å². The van der Waals surface area contributed by atoms with Gasteiger partial charge in [-0.3, -0.25) is 4.79 Å². The number of hydrogen-bond donors (Lipinski definition) is 1. The largest absolute Gasteiger partial charge is 0.481 e. The van der Waals surface area contributed by atoms with Crippen LogP contribution in [0.1, 0.15) is 12.8 Å². The number of rotatable bonds is 3. The van der Waals surface area contributed by atoms with Crippen LogP contribution in [-0.2, 0) is 4.79 Å². The van der Waals surface area contributed by atoms with Crippen LogP contribution in [0.15, 0.2) is 42.7 Å². The molecule has 0 radical (unpaired) electrons. The lowest BCUT2D eigenvalue weighted by atomic mass is 9.98. The quantitative estimate of drug-likeness (QED) is 0.789. The molecule has 3 heterocycles. The fraction of sp³-hybridized carbons (Fsp3) is 0.278. The third-order valence-corrected chi connectivity index (χ3v) is 5.53. The van der Waals surface area contributed by atoms with Gasteiger partial charge >= 0.3 is 5.97 Å². The van der Waals surface area contributed by atoms with Crippen LogP contribution >= 0.6 is 11.3 Å². The van der Waals surface area contributed by atoms with E-state index in [-0.39, 0.29) is 5.92 Å². The van der Waals surface area contributed by atoms with Crippen molar-refractivity contribution in [1.29, 1.82) is 0 Å². The van der Waals surface area contributed by atoms with Crippen LogP contribution < -0.4 is 4.90 Å². The number of hydrogen-bond acceptors (Lipinski definition) is 5. The molecule has 4 rings (SSSR count). The van der Waals surface area contributed by atoms with Crippen molar-refractivity contribution in [3.05, 3.63) is 42.7 Å². The molecule has 6 heteroatoms. The predicted molar refractivity (Wildman–Crippen MR) is 95.4 cm³/mol. The zero-order valence-electron chi connectivity index (χ0n) is 13.1. The summed E-state index contributed by atoms with van der Waals surface area (Å²) in [5.74, 6) is -0.194. The number of aromatic nitrogens is 2. The van der Waals surface area contributed by atoms with Gasteiger partial charge in [-0.25, -0.2) is 9.97 Å². The van der Waals surface area contributed by atoms with Gasteiger partial charge in [-0.05, 0) is 24.5 Å².